The first-order chi connectivity index (χ1) is 15.3. The van der Waals surface area contributed by atoms with E-state index >= 15 is 0 Å². The van der Waals surface area contributed by atoms with E-state index in [0.29, 0.717) is 0 Å². The van der Waals surface area contributed by atoms with Gasteiger partial charge >= 0.3 is 0 Å². The van der Waals surface area contributed by atoms with E-state index < -0.39 is 0 Å². The maximum atomic E-state index is 5.53. The quantitative estimate of drug-likeness (QED) is 0.320. The number of ether oxygens (including phenoxy) is 1. The van der Waals surface area contributed by atoms with Gasteiger partial charge in [-0.05, 0) is 12.1 Å². The Hall–Kier alpha value is -4.11. The van der Waals surface area contributed by atoms with E-state index in [9.17, 15) is 0 Å². The summed E-state index contributed by atoms with van der Waals surface area (Å²) < 4.78 is 7.76. The third-order valence-electron chi connectivity index (χ3n) is 5.32. The van der Waals surface area contributed by atoms with Crippen LogP contribution < -0.4 is 4.74 Å². The molecule has 0 aliphatic carbocycles. The summed E-state index contributed by atoms with van der Waals surface area (Å²) in [5.74, 6) is 1.71. The summed E-state index contributed by atoms with van der Waals surface area (Å²) in [4.78, 5) is 5.18. The lowest BCUT2D eigenvalue weighted by Gasteiger charge is -2.14. The second kappa shape index (κ2) is 8.33. The van der Waals surface area contributed by atoms with E-state index in [0.717, 1.165) is 45.3 Å². The second-order valence-electron chi connectivity index (χ2n) is 7.27. The number of rotatable bonds is 5. The van der Waals surface area contributed by atoms with Crippen molar-refractivity contribution in [3.8, 4) is 45.3 Å². The molecular formula is C28H22N2O. The Morgan fingerprint density at radius 2 is 1.19 bits per heavy atom. The van der Waals surface area contributed by atoms with Crippen LogP contribution in [0.4, 0.5) is 0 Å². The van der Waals surface area contributed by atoms with Crippen molar-refractivity contribution in [1.82, 2.24) is 9.55 Å². The maximum absolute atomic E-state index is 5.53. The zero-order valence-electron chi connectivity index (χ0n) is 17.3. The molecule has 5 rings (SSSR count). The van der Waals surface area contributed by atoms with Crippen LogP contribution in [0.1, 0.15) is 0 Å². The van der Waals surface area contributed by atoms with Crippen LogP contribution in [-0.2, 0) is 0 Å². The molecule has 4 aromatic carbocycles. The molecule has 0 atom stereocenters. The van der Waals surface area contributed by atoms with Crippen molar-refractivity contribution in [1.29, 1.82) is 0 Å². The fourth-order valence-corrected chi connectivity index (χ4v) is 3.86. The van der Waals surface area contributed by atoms with E-state index in [1.165, 1.54) is 0 Å². The van der Waals surface area contributed by atoms with Crippen LogP contribution >= 0.6 is 0 Å². The molecule has 0 spiro atoms. The largest absolute Gasteiger partial charge is 0.497 e. The number of nitrogens with zero attached hydrogens (tertiary/aromatic N) is 2. The molecule has 0 bridgehead atoms. The van der Waals surface area contributed by atoms with Crippen LogP contribution in [-0.4, -0.2) is 16.7 Å². The van der Waals surface area contributed by atoms with Gasteiger partial charge < -0.3 is 4.74 Å². The van der Waals surface area contributed by atoms with Crippen molar-refractivity contribution in [3.63, 3.8) is 0 Å². The predicted octanol–water partition coefficient (Wildman–Crippen LogP) is 6.88. The maximum Gasteiger partial charge on any atom is 0.145 e. The Kier molecular flexibility index (Phi) is 5.07. The van der Waals surface area contributed by atoms with Gasteiger partial charge in [-0.15, -0.1) is 0 Å². The van der Waals surface area contributed by atoms with Gasteiger partial charge in [-0.3, -0.25) is 4.57 Å². The standard InChI is InChI=1S/C28H22N2O/c1-31-25-19-11-18-24(20-25)30-27(22-14-7-3-8-15-22)26(21-12-5-2-6-13-21)29-28(30)23-16-9-4-10-17-23/h2-20H,1H3. The van der Waals surface area contributed by atoms with E-state index in [-0.39, 0.29) is 0 Å². The summed E-state index contributed by atoms with van der Waals surface area (Å²) in [6.45, 7) is 0. The second-order valence-corrected chi connectivity index (χ2v) is 7.27. The first kappa shape index (κ1) is 18.9. The van der Waals surface area contributed by atoms with Crippen molar-refractivity contribution in [2.45, 2.75) is 0 Å². The van der Waals surface area contributed by atoms with Crippen molar-refractivity contribution in [2.24, 2.45) is 0 Å². The van der Waals surface area contributed by atoms with Gasteiger partial charge in [0.05, 0.1) is 24.2 Å². The minimum atomic E-state index is 0.811. The monoisotopic (exact) mass is 402 g/mol. The predicted molar refractivity (Wildman–Crippen MR) is 126 cm³/mol. The van der Waals surface area contributed by atoms with Crippen molar-refractivity contribution < 1.29 is 4.74 Å². The van der Waals surface area contributed by atoms with Crippen molar-refractivity contribution in [3.05, 3.63) is 115 Å². The molecule has 31 heavy (non-hydrogen) atoms. The molecule has 1 aromatic heterocycles. The van der Waals surface area contributed by atoms with Gasteiger partial charge in [-0.25, -0.2) is 4.98 Å². The lowest BCUT2D eigenvalue weighted by Crippen LogP contribution is -2.00. The summed E-state index contributed by atoms with van der Waals surface area (Å²) >= 11 is 0. The first-order valence-corrected chi connectivity index (χ1v) is 10.3. The third kappa shape index (κ3) is 3.62. The number of hydrogen-bond acceptors (Lipinski definition) is 2. The molecule has 0 saturated carbocycles. The van der Waals surface area contributed by atoms with Gasteiger partial charge in [0, 0.05) is 22.8 Å². The average Bonchev–Trinajstić information content (AvgIpc) is 3.26. The number of hydrogen-bond donors (Lipinski definition) is 0. The molecule has 3 nitrogen and oxygen atoms in total. The van der Waals surface area contributed by atoms with Gasteiger partial charge in [-0.2, -0.15) is 0 Å². The van der Waals surface area contributed by atoms with Gasteiger partial charge in [0.25, 0.3) is 0 Å². The molecule has 0 N–H and O–H groups in total. The van der Waals surface area contributed by atoms with Crippen LogP contribution in [0, 0.1) is 0 Å². The summed E-state index contributed by atoms with van der Waals surface area (Å²) in [5.41, 5.74) is 6.27. The lowest BCUT2D eigenvalue weighted by molar-refractivity contribution is 0.414. The molecule has 0 aliphatic rings. The van der Waals surface area contributed by atoms with Crippen molar-refractivity contribution >= 4 is 0 Å². The van der Waals surface area contributed by atoms with Gasteiger partial charge in [0.2, 0.25) is 0 Å². The highest BCUT2D eigenvalue weighted by molar-refractivity contribution is 5.84. The van der Waals surface area contributed by atoms with E-state index in [2.05, 4.69) is 77.4 Å². The zero-order valence-corrected chi connectivity index (χ0v) is 17.3. The Balaban J connectivity index is 1.88. The van der Waals surface area contributed by atoms with Gasteiger partial charge in [-0.1, -0.05) is 97.1 Å². The van der Waals surface area contributed by atoms with E-state index in [4.69, 9.17) is 9.72 Å². The summed E-state index contributed by atoms with van der Waals surface area (Å²) in [5, 5.41) is 0. The van der Waals surface area contributed by atoms with Crippen LogP contribution in [0.2, 0.25) is 0 Å². The summed E-state index contributed by atoms with van der Waals surface area (Å²) in [6.07, 6.45) is 0. The summed E-state index contributed by atoms with van der Waals surface area (Å²) in [6, 6.07) is 39.2. The van der Waals surface area contributed by atoms with Crippen LogP contribution in [0.5, 0.6) is 5.75 Å². The molecule has 1 heterocycles. The molecule has 0 radical (unpaired) electrons. The average molecular weight is 402 g/mol. The molecular weight excluding hydrogens is 380 g/mol. The Bertz CT molecular complexity index is 1290. The smallest absolute Gasteiger partial charge is 0.145 e. The number of benzene rings is 4. The van der Waals surface area contributed by atoms with Crippen LogP contribution in [0.25, 0.3) is 39.6 Å². The number of imidazole rings is 1. The molecule has 0 saturated heterocycles. The molecule has 0 aliphatic heterocycles. The van der Waals surface area contributed by atoms with E-state index in [1.54, 1.807) is 7.11 Å². The molecule has 5 aromatic rings. The normalized spacial score (nSPS) is 10.7. The molecule has 3 heteroatoms. The zero-order chi connectivity index (χ0) is 21.0. The molecule has 0 unspecified atom stereocenters. The number of methoxy groups -OCH3 is 1. The third-order valence-corrected chi connectivity index (χ3v) is 5.32. The minimum absolute atomic E-state index is 0.811. The topological polar surface area (TPSA) is 27.1 Å². The minimum Gasteiger partial charge on any atom is -0.497 e. The molecule has 0 amide bonds. The van der Waals surface area contributed by atoms with E-state index in [1.807, 2.05) is 42.5 Å². The Morgan fingerprint density at radius 1 is 0.613 bits per heavy atom. The SMILES string of the molecule is COc1cccc(-n2c(-c3ccccc3)nc(-c3ccccc3)c2-c2ccccc2)c1. The lowest BCUT2D eigenvalue weighted by atomic mass is 10.0. The fourth-order valence-electron chi connectivity index (χ4n) is 3.86. The summed E-state index contributed by atoms with van der Waals surface area (Å²) in [7, 11) is 1.69. The fraction of sp³-hybridized carbons (Fsp3) is 0.0357. The van der Waals surface area contributed by atoms with Crippen molar-refractivity contribution in [2.75, 3.05) is 7.11 Å². The Morgan fingerprint density at radius 3 is 1.81 bits per heavy atom. The van der Waals surface area contributed by atoms with Crippen LogP contribution in [0.15, 0.2) is 115 Å². The highest BCUT2D eigenvalue weighted by atomic mass is 16.5. The highest BCUT2D eigenvalue weighted by Crippen LogP contribution is 2.38. The van der Waals surface area contributed by atoms with Gasteiger partial charge in [0.1, 0.15) is 11.6 Å². The first-order valence-electron chi connectivity index (χ1n) is 10.3. The van der Waals surface area contributed by atoms with Crippen LogP contribution in [0.3, 0.4) is 0 Å². The Labute approximate surface area is 182 Å². The highest BCUT2D eigenvalue weighted by Gasteiger charge is 2.22. The molecule has 0 fully saturated rings. The number of aromatic nitrogens is 2. The van der Waals surface area contributed by atoms with Gasteiger partial charge in [0.15, 0.2) is 0 Å². The molecule has 150 valence electrons.